The summed E-state index contributed by atoms with van der Waals surface area (Å²) in [5.41, 5.74) is 4.84. The molecule has 0 amide bonds. The van der Waals surface area contributed by atoms with Crippen molar-refractivity contribution in [1.29, 1.82) is 0 Å². The first-order valence-corrected chi connectivity index (χ1v) is 10.3. The Kier molecular flexibility index (Phi) is 4.97. The van der Waals surface area contributed by atoms with E-state index in [9.17, 15) is 0 Å². The fourth-order valence-electron chi connectivity index (χ4n) is 4.46. The molecule has 3 aromatic rings. The van der Waals surface area contributed by atoms with E-state index >= 15 is 0 Å². The van der Waals surface area contributed by atoms with Crippen molar-refractivity contribution in [3.05, 3.63) is 53.3 Å². The maximum absolute atomic E-state index is 5.90. The number of rotatable bonds is 5. The first-order valence-electron chi connectivity index (χ1n) is 10.3. The van der Waals surface area contributed by atoms with Gasteiger partial charge in [0.05, 0.1) is 19.2 Å². The highest BCUT2D eigenvalue weighted by Crippen LogP contribution is 2.33. The number of aryl methyl sites for hydroxylation is 2. The molecule has 150 valence electrons. The molecule has 0 saturated carbocycles. The van der Waals surface area contributed by atoms with Crippen LogP contribution in [-0.2, 0) is 19.4 Å². The van der Waals surface area contributed by atoms with E-state index in [1.54, 1.807) is 25.7 Å². The number of hydrogen-bond acceptors (Lipinski definition) is 7. The minimum Gasteiger partial charge on any atom is -0.496 e. The molecule has 2 aliphatic rings. The summed E-state index contributed by atoms with van der Waals surface area (Å²) in [6.45, 7) is 2.80. The minimum absolute atomic E-state index is 0.247. The summed E-state index contributed by atoms with van der Waals surface area (Å²) in [7, 11) is 1.77. The van der Waals surface area contributed by atoms with Crippen molar-refractivity contribution in [2.45, 2.75) is 44.6 Å². The number of ether oxygens (including phenoxy) is 1. The van der Waals surface area contributed by atoms with Gasteiger partial charge in [0.15, 0.2) is 0 Å². The highest BCUT2D eigenvalue weighted by molar-refractivity contribution is 5.44. The highest BCUT2D eigenvalue weighted by atomic mass is 16.5. The van der Waals surface area contributed by atoms with Gasteiger partial charge in [-0.1, -0.05) is 6.07 Å². The molecule has 1 atom stereocenters. The molecule has 1 fully saturated rings. The standard InChI is InChI=1S/C22H25N5O2/c1-28-20-11-16-5-3-2-4-15(16)10-18(20)14-27-9-6-17(13-27)21-25-26-22(29-21)19-12-23-7-8-24-19/h7-8,10-12,17H,2-6,9,13-14H2,1H3. The van der Waals surface area contributed by atoms with Crippen LogP contribution in [0.1, 0.15) is 47.8 Å². The quantitative estimate of drug-likeness (QED) is 0.660. The van der Waals surface area contributed by atoms with Crippen LogP contribution >= 0.6 is 0 Å². The van der Waals surface area contributed by atoms with Gasteiger partial charge < -0.3 is 9.15 Å². The summed E-state index contributed by atoms with van der Waals surface area (Å²) >= 11 is 0. The van der Waals surface area contributed by atoms with Gasteiger partial charge in [-0.05, 0) is 55.8 Å². The van der Waals surface area contributed by atoms with E-state index in [4.69, 9.17) is 9.15 Å². The first-order chi connectivity index (χ1) is 14.3. The minimum atomic E-state index is 0.247. The van der Waals surface area contributed by atoms with Crippen molar-refractivity contribution in [1.82, 2.24) is 25.1 Å². The zero-order valence-electron chi connectivity index (χ0n) is 16.7. The SMILES string of the molecule is COc1cc2c(cc1CN1CCC(c3nnc(-c4cnccn4)o3)C1)CCCC2. The molecule has 0 N–H and O–H groups in total. The van der Waals surface area contributed by atoms with Crippen LogP contribution < -0.4 is 4.74 Å². The number of hydrogen-bond donors (Lipinski definition) is 0. The number of methoxy groups -OCH3 is 1. The lowest BCUT2D eigenvalue weighted by atomic mass is 9.90. The number of fused-ring (bicyclic) bond motifs is 1. The molecule has 0 bridgehead atoms. The Morgan fingerprint density at radius 2 is 2.00 bits per heavy atom. The first kappa shape index (κ1) is 18.2. The summed E-state index contributed by atoms with van der Waals surface area (Å²) < 4.78 is 11.6. The van der Waals surface area contributed by atoms with E-state index < -0.39 is 0 Å². The van der Waals surface area contributed by atoms with E-state index in [1.807, 2.05) is 0 Å². The topological polar surface area (TPSA) is 77.2 Å². The molecular weight excluding hydrogens is 366 g/mol. The second-order valence-corrected chi connectivity index (χ2v) is 7.90. The molecular formula is C22H25N5O2. The number of nitrogens with zero attached hydrogens (tertiary/aromatic N) is 5. The average molecular weight is 391 g/mol. The molecule has 0 spiro atoms. The zero-order valence-corrected chi connectivity index (χ0v) is 16.7. The molecule has 1 aliphatic carbocycles. The van der Waals surface area contributed by atoms with Gasteiger partial charge in [0.25, 0.3) is 5.89 Å². The Bertz CT molecular complexity index is 988. The Morgan fingerprint density at radius 1 is 1.14 bits per heavy atom. The fourth-order valence-corrected chi connectivity index (χ4v) is 4.46. The second kappa shape index (κ2) is 7.91. The lowest BCUT2D eigenvalue weighted by Gasteiger charge is -2.22. The predicted octanol–water partition coefficient (Wildman–Crippen LogP) is 3.40. The number of aromatic nitrogens is 4. The van der Waals surface area contributed by atoms with E-state index in [2.05, 4.69) is 37.2 Å². The Hall–Kier alpha value is -2.80. The molecule has 1 aliphatic heterocycles. The van der Waals surface area contributed by atoms with Crippen LogP contribution in [0.25, 0.3) is 11.6 Å². The van der Waals surface area contributed by atoms with E-state index in [1.165, 1.54) is 42.4 Å². The molecule has 1 unspecified atom stereocenters. The zero-order chi connectivity index (χ0) is 19.6. The third-order valence-electron chi connectivity index (χ3n) is 5.98. The highest BCUT2D eigenvalue weighted by Gasteiger charge is 2.29. The van der Waals surface area contributed by atoms with Gasteiger partial charge in [-0.3, -0.25) is 9.88 Å². The van der Waals surface area contributed by atoms with E-state index in [0.29, 0.717) is 17.5 Å². The van der Waals surface area contributed by atoms with E-state index in [-0.39, 0.29) is 5.92 Å². The van der Waals surface area contributed by atoms with Crippen molar-refractivity contribution >= 4 is 0 Å². The van der Waals surface area contributed by atoms with Crippen LogP contribution in [0, 0.1) is 0 Å². The van der Waals surface area contributed by atoms with Gasteiger partial charge in [-0.25, -0.2) is 4.98 Å². The van der Waals surface area contributed by atoms with Crippen LogP contribution in [0.15, 0.2) is 35.1 Å². The largest absolute Gasteiger partial charge is 0.496 e. The summed E-state index contributed by atoms with van der Waals surface area (Å²) in [6.07, 6.45) is 10.8. The number of likely N-dealkylation sites (tertiary alicyclic amines) is 1. The van der Waals surface area contributed by atoms with Gasteiger partial charge >= 0.3 is 0 Å². The molecule has 3 heterocycles. The summed E-state index contributed by atoms with van der Waals surface area (Å²) in [5, 5.41) is 8.43. The normalized spacial score (nSPS) is 19.3. The van der Waals surface area contributed by atoms with Crippen molar-refractivity contribution in [3.8, 4) is 17.3 Å². The summed E-state index contributed by atoms with van der Waals surface area (Å²) in [6, 6.07) is 4.61. The maximum Gasteiger partial charge on any atom is 0.267 e. The van der Waals surface area contributed by atoms with Crippen molar-refractivity contribution < 1.29 is 9.15 Å². The molecule has 0 radical (unpaired) electrons. The lowest BCUT2D eigenvalue weighted by molar-refractivity contribution is 0.311. The molecule has 1 saturated heterocycles. The van der Waals surface area contributed by atoms with Crippen LogP contribution in [0.3, 0.4) is 0 Å². The average Bonchev–Trinajstić information content (AvgIpc) is 3.43. The third-order valence-corrected chi connectivity index (χ3v) is 5.98. The van der Waals surface area contributed by atoms with Crippen LogP contribution in [0.2, 0.25) is 0 Å². The Balaban J connectivity index is 1.29. The third kappa shape index (κ3) is 3.74. The predicted molar refractivity (Wildman–Crippen MR) is 108 cm³/mol. The smallest absolute Gasteiger partial charge is 0.267 e. The molecule has 2 aromatic heterocycles. The molecule has 7 heteroatoms. The fraction of sp³-hybridized carbons (Fsp3) is 0.455. The van der Waals surface area contributed by atoms with Crippen molar-refractivity contribution in [3.63, 3.8) is 0 Å². The second-order valence-electron chi connectivity index (χ2n) is 7.90. The summed E-state index contributed by atoms with van der Waals surface area (Å²) in [4.78, 5) is 10.7. The monoisotopic (exact) mass is 391 g/mol. The van der Waals surface area contributed by atoms with Crippen molar-refractivity contribution in [2.75, 3.05) is 20.2 Å². The van der Waals surface area contributed by atoms with Crippen molar-refractivity contribution in [2.24, 2.45) is 0 Å². The molecule has 5 rings (SSSR count). The Labute approximate surface area is 170 Å². The van der Waals surface area contributed by atoms with Gasteiger partial charge in [0, 0.05) is 31.0 Å². The van der Waals surface area contributed by atoms with E-state index in [0.717, 1.165) is 31.8 Å². The van der Waals surface area contributed by atoms with Crippen LogP contribution in [0.4, 0.5) is 0 Å². The van der Waals surface area contributed by atoms with Gasteiger partial charge in [-0.2, -0.15) is 0 Å². The Morgan fingerprint density at radius 3 is 2.79 bits per heavy atom. The lowest BCUT2D eigenvalue weighted by Crippen LogP contribution is -2.20. The molecule has 1 aromatic carbocycles. The summed E-state index contributed by atoms with van der Waals surface area (Å²) in [5.74, 6) is 2.38. The van der Waals surface area contributed by atoms with Gasteiger partial charge in [-0.15, -0.1) is 10.2 Å². The molecule has 29 heavy (non-hydrogen) atoms. The maximum atomic E-state index is 5.90. The van der Waals surface area contributed by atoms with Gasteiger partial charge in [0.2, 0.25) is 5.89 Å². The van der Waals surface area contributed by atoms with Crippen LogP contribution in [0.5, 0.6) is 5.75 Å². The number of benzene rings is 1. The van der Waals surface area contributed by atoms with Crippen LogP contribution in [-0.4, -0.2) is 45.3 Å². The van der Waals surface area contributed by atoms with Gasteiger partial charge in [0.1, 0.15) is 11.4 Å². The molecule has 7 nitrogen and oxygen atoms in total.